The molecule has 2 aromatic rings. The van der Waals surface area contributed by atoms with Gasteiger partial charge in [-0.3, -0.25) is 14.4 Å². The predicted octanol–water partition coefficient (Wildman–Crippen LogP) is 0.303. The molecule has 2 aromatic carbocycles. The molecule has 9 N–H and O–H groups in total. The van der Waals surface area contributed by atoms with Gasteiger partial charge in [0.15, 0.2) is 0 Å². The fourth-order valence-corrected chi connectivity index (χ4v) is 4.63. The molecule has 4 unspecified atom stereocenters. The first-order valence-corrected chi connectivity index (χ1v) is 13.8. The highest BCUT2D eigenvalue weighted by molar-refractivity contribution is 5.94. The molecule has 0 saturated carbocycles. The number of aromatic hydroxyl groups is 2. The third-order valence-corrected chi connectivity index (χ3v) is 6.96. The second kappa shape index (κ2) is 15.6. The third-order valence-electron chi connectivity index (χ3n) is 6.96. The summed E-state index contributed by atoms with van der Waals surface area (Å²) in [6.45, 7) is 1.08. The van der Waals surface area contributed by atoms with Gasteiger partial charge in [-0.1, -0.05) is 24.3 Å². The molecule has 0 radical (unpaired) electrons. The lowest BCUT2D eigenvalue weighted by Gasteiger charge is -2.25. The van der Waals surface area contributed by atoms with Crippen LogP contribution in [0.15, 0.2) is 48.5 Å². The first-order chi connectivity index (χ1) is 19.7. The Morgan fingerprint density at radius 1 is 0.805 bits per heavy atom. The first kappa shape index (κ1) is 31.4. The van der Waals surface area contributed by atoms with Crippen molar-refractivity contribution in [1.29, 1.82) is 0 Å². The van der Waals surface area contributed by atoms with Gasteiger partial charge in [-0.05, 0) is 80.6 Å². The molecular weight excluding hydrogens is 530 g/mol. The molecule has 3 rings (SSSR count). The second-order valence-electron chi connectivity index (χ2n) is 10.2. The number of carboxylic acid groups (broad SMARTS) is 1. The standard InChI is InChI=1S/C29H39N5O7/c30-14-2-1-4-23(27(38)34-25(29(40)41)17-19-8-12-21(36)13-9-19)32-28(39)24(16-18-6-10-20(35)11-7-18)33-26(37)22-5-3-15-31-22/h6-13,22-25,31,35-36H,1-5,14-17,30H2,(H,32,39)(H,33,37)(H,34,38)(H,40,41). The predicted molar refractivity (Wildman–Crippen MR) is 151 cm³/mol. The van der Waals surface area contributed by atoms with Crippen LogP contribution < -0.4 is 27.0 Å². The number of carbonyl (C=O) groups is 4. The monoisotopic (exact) mass is 569 g/mol. The van der Waals surface area contributed by atoms with Gasteiger partial charge in [0.05, 0.1) is 6.04 Å². The van der Waals surface area contributed by atoms with Crippen molar-refractivity contribution in [1.82, 2.24) is 21.3 Å². The van der Waals surface area contributed by atoms with Gasteiger partial charge in [0, 0.05) is 12.8 Å². The van der Waals surface area contributed by atoms with Crippen LogP contribution in [-0.2, 0) is 32.0 Å². The summed E-state index contributed by atoms with van der Waals surface area (Å²) in [4.78, 5) is 51.6. The van der Waals surface area contributed by atoms with Gasteiger partial charge in [-0.2, -0.15) is 0 Å². The molecule has 41 heavy (non-hydrogen) atoms. The topological polar surface area (TPSA) is 203 Å². The molecule has 1 heterocycles. The Hall–Kier alpha value is -4.16. The number of carboxylic acids is 1. The van der Waals surface area contributed by atoms with Crippen LogP contribution in [0.1, 0.15) is 43.2 Å². The Morgan fingerprint density at radius 2 is 1.34 bits per heavy atom. The summed E-state index contributed by atoms with van der Waals surface area (Å²) in [6.07, 6.45) is 2.87. The molecule has 0 spiro atoms. The zero-order valence-electron chi connectivity index (χ0n) is 22.8. The smallest absolute Gasteiger partial charge is 0.326 e. The van der Waals surface area contributed by atoms with E-state index in [1.54, 1.807) is 24.3 Å². The van der Waals surface area contributed by atoms with Gasteiger partial charge in [-0.15, -0.1) is 0 Å². The van der Waals surface area contributed by atoms with Crippen molar-refractivity contribution in [3.05, 3.63) is 59.7 Å². The van der Waals surface area contributed by atoms with E-state index < -0.39 is 42.0 Å². The molecular formula is C29H39N5O7. The maximum atomic E-state index is 13.5. The van der Waals surface area contributed by atoms with Gasteiger partial charge < -0.3 is 42.3 Å². The molecule has 222 valence electrons. The molecule has 1 fully saturated rings. The fraction of sp³-hybridized carbons (Fsp3) is 0.448. The zero-order valence-corrected chi connectivity index (χ0v) is 22.8. The number of unbranched alkanes of at least 4 members (excludes halogenated alkanes) is 1. The summed E-state index contributed by atoms with van der Waals surface area (Å²) in [7, 11) is 0. The number of phenols is 2. The number of benzene rings is 2. The number of phenolic OH excluding ortho intramolecular Hbond substituents is 2. The van der Waals surface area contributed by atoms with Crippen molar-refractivity contribution in [2.75, 3.05) is 13.1 Å². The zero-order chi connectivity index (χ0) is 29.8. The average Bonchev–Trinajstić information content (AvgIpc) is 3.49. The SMILES string of the molecule is NCCCCC(NC(=O)C(Cc1ccc(O)cc1)NC(=O)C1CCCN1)C(=O)NC(Cc1ccc(O)cc1)C(=O)O. The van der Waals surface area contributed by atoms with E-state index in [9.17, 15) is 34.5 Å². The number of amides is 3. The Balaban J connectivity index is 1.75. The number of rotatable bonds is 15. The largest absolute Gasteiger partial charge is 0.508 e. The number of nitrogens with one attached hydrogen (secondary N) is 4. The van der Waals surface area contributed by atoms with E-state index in [1.165, 1.54) is 24.3 Å². The lowest BCUT2D eigenvalue weighted by molar-refractivity contribution is -0.142. The van der Waals surface area contributed by atoms with Crippen LogP contribution in [0.2, 0.25) is 0 Å². The molecule has 4 atom stereocenters. The first-order valence-electron chi connectivity index (χ1n) is 13.8. The number of carbonyl (C=O) groups excluding carboxylic acids is 3. The number of hydrogen-bond acceptors (Lipinski definition) is 8. The van der Waals surface area contributed by atoms with Crippen LogP contribution in [0.25, 0.3) is 0 Å². The molecule has 12 heteroatoms. The second-order valence-corrected chi connectivity index (χ2v) is 10.2. The molecule has 1 aliphatic heterocycles. The Kier molecular flexibility index (Phi) is 11.9. The molecule has 0 aromatic heterocycles. The van der Waals surface area contributed by atoms with E-state index in [4.69, 9.17) is 5.73 Å². The van der Waals surface area contributed by atoms with Crippen LogP contribution in [0.4, 0.5) is 0 Å². The molecule has 3 amide bonds. The van der Waals surface area contributed by atoms with E-state index in [-0.39, 0.29) is 36.7 Å². The fourth-order valence-electron chi connectivity index (χ4n) is 4.63. The summed E-state index contributed by atoms with van der Waals surface area (Å²) in [5.41, 5.74) is 6.89. The summed E-state index contributed by atoms with van der Waals surface area (Å²) in [5, 5.41) is 40.0. The average molecular weight is 570 g/mol. The lowest BCUT2D eigenvalue weighted by atomic mass is 10.0. The van der Waals surface area contributed by atoms with Gasteiger partial charge in [0.1, 0.15) is 29.6 Å². The summed E-state index contributed by atoms with van der Waals surface area (Å²) < 4.78 is 0. The maximum Gasteiger partial charge on any atom is 0.326 e. The van der Waals surface area contributed by atoms with Crippen LogP contribution in [0, 0.1) is 0 Å². The third kappa shape index (κ3) is 10.1. The molecule has 0 aliphatic carbocycles. The minimum absolute atomic E-state index is 0.0290. The number of nitrogens with two attached hydrogens (primary N) is 1. The number of aliphatic carboxylic acids is 1. The summed E-state index contributed by atoms with van der Waals surface area (Å²) in [5.74, 6) is -2.75. The van der Waals surface area contributed by atoms with Crippen molar-refractivity contribution >= 4 is 23.7 Å². The van der Waals surface area contributed by atoms with Gasteiger partial charge in [0.25, 0.3) is 0 Å². The maximum absolute atomic E-state index is 13.5. The van der Waals surface area contributed by atoms with E-state index in [0.29, 0.717) is 43.5 Å². The van der Waals surface area contributed by atoms with Gasteiger partial charge in [0.2, 0.25) is 17.7 Å². The highest BCUT2D eigenvalue weighted by Gasteiger charge is 2.31. The molecule has 1 saturated heterocycles. The molecule has 12 nitrogen and oxygen atoms in total. The van der Waals surface area contributed by atoms with E-state index >= 15 is 0 Å². The molecule has 1 aliphatic rings. The Labute approximate surface area is 238 Å². The normalized spacial score (nSPS) is 16.8. The quantitative estimate of drug-likeness (QED) is 0.139. The van der Waals surface area contributed by atoms with E-state index in [1.807, 2.05) is 0 Å². The van der Waals surface area contributed by atoms with Crippen molar-refractivity contribution in [3.8, 4) is 11.5 Å². The Bertz CT molecular complexity index is 1170. The van der Waals surface area contributed by atoms with Crippen molar-refractivity contribution in [3.63, 3.8) is 0 Å². The van der Waals surface area contributed by atoms with E-state index in [2.05, 4.69) is 21.3 Å². The van der Waals surface area contributed by atoms with Crippen LogP contribution >= 0.6 is 0 Å². The number of hydrogen-bond donors (Lipinski definition) is 8. The van der Waals surface area contributed by atoms with E-state index in [0.717, 1.165) is 6.42 Å². The minimum atomic E-state index is -1.28. The van der Waals surface area contributed by atoms with Gasteiger partial charge in [-0.25, -0.2) is 4.79 Å². The summed E-state index contributed by atoms with van der Waals surface area (Å²) in [6, 6.07) is 8.43. The van der Waals surface area contributed by atoms with Crippen LogP contribution in [0.5, 0.6) is 11.5 Å². The van der Waals surface area contributed by atoms with Crippen LogP contribution in [0.3, 0.4) is 0 Å². The van der Waals surface area contributed by atoms with Crippen molar-refractivity contribution in [2.45, 2.75) is 69.1 Å². The highest BCUT2D eigenvalue weighted by atomic mass is 16.4. The summed E-state index contributed by atoms with van der Waals surface area (Å²) >= 11 is 0. The van der Waals surface area contributed by atoms with Crippen LogP contribution in [-0.4, -0.2) is 76.3 Å². The highest BCUT2D eigenvalue weighted by Crippen LogP contribution is 2.14. The van der Waals surface area contributed by atoms with Crippen molar-refractivity contribution < 1.29 is 34.5 Å². The Morgan fingerprint density at radius 3 is 1.85 bits per heavy atom. The molecule has 0 bridgehead atoms. The lowest BCUT2D eigenvalue weighted by Crippen LogP contribution is -2.57. The minimum Gasteiger partial charge on any atom is -0.508 e. The van der Waals surface area contributed by atoms with Crippen molar-refractivity contribution in [2.24, 2.45) is 5.73 Å². The van der Waals surface area contributed by atoms with Gasteiger partial charge >= 0.3 is 5.97 Å².